The van der Waals surface area contributed by atoms with Crippen LogP contribution < -0.4 is 10.2 Å². The van der Waals surface area contributed by atoms with Crippen molar-refractivity contribution in [3.05, 3.63) is 62.8 Å². The van der Waals surface area contributed by atoms with Gasteiger partial charge in [-0.05, 0) is 55.2 Å². The Bertz CT molecular complexity index is 969. The van der Waals surface area contributed by atoms with E-state index in [1.54, 1.807) is 11.6 Å². The van der Waals surface area contributed by atoms with Crippen molar-refractivity contribution in [2.75, 3.05) is 5.32 Å². The van der Waals surface area contributed by atoms with Crippen LogP contribution in [0.15, 0.2) is 41.2 Å². The molecule has 2 aromatic carbocycles. The molecule has 0 aliphatic rings. The van der Waals surface area contributed by atoms with Crippen LogP contribution in [0.5, 0.6) is 0 Å². The van der Waals surface area contributed by atoms with Gasteiger partial charge in [0.1, 0.15) is 0 Å². The van der Waals surface area contributed by atoms with E-state index in [9.17, 15) is 9.59 Å². The number of rotatable bonds is 4. The van der Waals surface area contributed by atoms with Crippen LogP contribution in [0.25, 0.3) is 10.2 Å². The third-order valence-electron chi connectivity index (χ3n) is 4.29. The van der Waals surface area contributed by atoms with Crippen molar-refractivity contribution in [3.63, 3.8) is 0 Å². The number of aryl methyl sites for hydroxylation is 4. The number of nitrogens with one attached hydrogen (secondary N) is 1. The van der Waals surface area contributed by atoms with Gasteiger partial charge >= 0.3 is 4.87 Å². The second-order valence-electron chi connectivity index (χ2n) is 6.08. The number of amides is 1. The Kier molecular flexibility index (Phi) is 4.53. The predicted octanol–water partition coefficient (Wildman–Crippen LogP) is 3.79. The van der Waals surface area contributed by atoms with Crippen molar-refractivity contribution < 1.29 is 4.79 Å². The number of hydrogen-bond acceptors (Lipinski definition) is 3. The molecule has 24 heavy (non-hydrogen) atoms. The average Bonchev–Trinajstić information content (AvgIpc) is 2.83. The molecule has 3 aromatic rings. The molecule has 5 heteroatoms. The highest BCUT2D eigenvalue weighted by molar-refractivity contribution is 7.16. The summed E-state index contributed by atoms with van der Waals surface area (Å²) in [7, 11) is 1.75. The van der Waals surface area contributed by atoms with Crippen LogP contribution in [0, 0.1) is 13.8 Å². The number of hydrogen-bond donors (Lipinski definition) is 1. The van der Waals surface area contributed by atoms with Gasteiger partial charge in [0, 0.05) is 19.2 Å². The standard InChI is InChI=1S/C19H20N2O2S/c1-12-4-5-14(10-13(12)2)6-9-18(22)20-15-7-8-16-17(11-15)24-19(23)21(16)3/h4-5,7-8,10-11H,6,9H2,1-3H3,(H,20,22). The van der Waals surface area contributed by atoms with Crippen molar-refractivity contribution >= 4 is 33.1 Å². The number of carbonyl (C=O) groups excluding carboxylic acids is 1. The van der Waals surface area contributed by atoms with Crippen molar-refractivity contribution in [2.24, 2.45) is 7.05 Å². The third kappa shape index (κ3) is 3.41. The van der Waals surface area contributed by atoms with Gasteiger partial charge in [0.05, 0.1) is 10.2 Å². The summed E-state index contributed by atoms with van der Waals surface area (Å²) >= 11 is 1.19. The van der Waals surface area contributed by atoms with Crippen LogP contribution in [0.1, 0.15) is 23.1 Å². The Morgan fingerprint density at radius 2 is 1.92 bits per heavy atom. The lowest BCUT2D eigenvalue weighted by atomic mass is 10.0. The molecule has 0 aliphatic carbocycles. The lowest BCUT2D eigenvalue weighted by Gasteiger charge is -2.07. The Morgan fingerprint density at radius 1 is 1.12 bits per heavy atom. The molecule has 1 N–H and O–H groups in total. The van der Waals surface area contributed by atoms with Crippen LogP contribution in [0.4, 0.5) is 5.69 Å². The molecule has 1 aromatic heterocycles. The maximum Gasteiger partial charge on any atom is 0.307 e. The van der Waals surface area contributed by atoms with Crippen LogP contribution >= 0.6 is 11.3 Å². The van der Waals surface area contributed by atoms with Crippen LogP contribution in [0.3, 0.4) is 0 Å². The second kappa shape index (κ2) is 6.61. The largest absolute Gasteiger partial charge is 0.326 e. The smallest absolute Gasteiger partial charge is 0.307 e. The van der Waals surface area contributed by atoms with E-state index in [1.807, 2.05) is 18.2 Å². The van der Waals surface area contributed by atoms with E-state index in [4.69, 9.17) is 0 Å². The van der Waals surface area contributed by atoms with Gasteiger partial charge in [0.25, 0.3) is 0 Å². The van der Waals surface area contributed by atoms with Crippen molar-refractivity contribution in [1.82, 2.24) is 4.57 Å². The van der Waals surface area contributed by atoms with Gasteiger partial charge < -0.3 is 9.88 Å². The number of fused-ring (bicyclic) bond motifs is 1. The zero-order valence-electron chi connectivity index (χ0n) is 14.1. The molecule has 0 saturated heterocycles. The molecular formula is C19H20N2O2S. The number of thiazole rings is 1. The predicted molar refractivity (Wildman–Crippen MR) is 99.9 cm³/mol. The van der Waals surface area contributed by atoms with Crippen LogP contribution in [-0.2, 0) is 18.3 Å². The van der Waals surface area contributed by atoms with Gasteiger partial charge in [-0.3, -0.25) is 9.59 Å². The van der Waals surface area contributed by atoms with Crippen LogP contribution in [0.2, 0.25) is 0 Å². The summed E-state index contributed by atoms with van der Waals surface area (Å²) in [5.74, 6) is -0.0177. The fourth-order valence-electron chi connectivity index (χ4n) is 2.65. The molecule has 0 spiro atoms. The SMILES string of the molecule is Cc1ccc(CCC(=O)Nc2ccc3c(c2)sc(=O)n3C)cc1C. The van der Waals surface area contributed by atoms with E-state index in [0.29, 0.717) is 12.8 Å². The van der Waals surface area contributed by atoms with E-state index >= 15 is 0 Å². The normalized spacial score (nSPS) is 11.0. The molecule has 3 rings (SSSR count). The monoisotopic (exact) mass is 340 g/mol. The maximum absolute atomic E-state index is 12.2. The van der Waals surface area contributed by atoms with Gasteiger partial charge in [-0.25, -0.2) is 0 Å². The van der Waals surface area contributed by atoms with Crippen molar-refractivity contribution in [3.8, 4) is 0 Å². The Hall–Kier alpha value is -2.40. The summed E-state index contributed by atoms with van der Waals surface area (Å²) in [6.07, 6.45) is 1.15. The van der Waals surface area contributed by atoms with Crippen molar-refractivity contribution in [2.45, 2.75) is 26.7 Å². The summed E-state index contributed by atoms with van der Waals surface area (Å²) < 4.78 is 2.50. The number of anilines is 1. The second-order valence-corrected chi connectivity index (χ2v) is 7.07. The highest BCUT2D eigenvalue weighted by Gasteiger charge is 2.08. The Balaban J connectivity index is 1.66. The third-order valence-corrected chi connectivity index (χ3v) is 5.28. The minimum absolute atomic E-state index is 0.00298. The summed E-state index contributed by atoms with van der Waals surface area (Å²) in [6, 6.07) is 11.9. The van der Waals surface area contributed by atoms with Gasteiger partial charge in [0.15, 0.2) is 0 Å². The summed E-state index contributed by atoms with van der Waals surface area (Å²) in [5.41, 5.74) is 5.30. The van der Waals surface area contributed by atoms with E-state index in [0.717, 1.165) is 15.9 Å². The van der Waals surface area contributed by atoms with E-state index < -0.39 is 0 Å². The zero-order chi connectivity index (χ0) is 17.3. The zero-order valence-corrected chi connectivity index (χ0v) is 14.9. The topological polar surface area (TPSA) is 51.1 Å². The molecule has 124 valence electrons. The lowest BCUT2D eigenvalue weighted by Crippen LogP contribution is -2.12. The van der Waals surface area contributed by atoms with Gasteiger partial charge in [-0.1, -0.05) is 29.5 Å². The summed E-state index contributed by atoms with van der Waals surface area (Å²) in [4.78, 5) is 23.9. The van der Waals surface area contributed by atoms with E-state index in [2.05, 4.69) is 37.4 Å². The fraction of sp³-hybridized carbons (Fsp3) is 0.263. The lowest BCUT2D eigenvalue weighted by molar-refractivity contribution is -0.116. The molecule has 0 unspecified atom stereocenters. The molecule has 0 saturated carbocycles. The number of benzene rings is 2. The quantitative estimate of drug-likeness (QED) is 0.785. The molecule has 0 radical (unpaired) electrons. The maximum atomic E-state index is 12.2. The highest BCUT2D eigenvalue weighted by Crippen LogP contribution is 2.21. The number of aromatic nitrogens is 1. The van der Waals surface area contributed by atoms with Gasteiger partial charge in [0.2, 0.25) is 5.91 Å². The molecular weight excluding hydrogens is 320 g/mol. The Morgan fingerprint density at radius 3 is 2.67 bits per heavy atom. The Labute approximate surface area is 144 Å². The molecule has 0 fully saturated rings. The number of nitrogens with zero attached hydrogens (tertiary/aromatic N) is 1. The first-order valence-electron chi connectivity index (χ1n) is 7.89. The molecule has 1 heterocycles. The van der Waals surface area contributed by atoms with Gasteiger partial charge in [-0.2, -0.15) is 0 Å². The first-order valence-corrected chi connectivity index (χ1v) is 8.71. The van der Waals surface area contributed by atoms with Gasteiger partial charge in [-0.15, -0.1) is 0 Å². The fourth-order valence-corrected chi connectivity index (χ4v) is 3.57. The molecule has 4 nitrogen and oxygen atoms in total. The molecule has 0 atom stereocenters. The minimum atomic E-state index is -0.0177. The molecule has 0 bridgehead atoms. The molecule has 1 amide bonds. The highest BCUT2D eigenvalue weighted by atomic mass is 32.1. The van der Waals surface area contributed by atoms with Crippen LogP contribution in [-0.4, -0.2) is 10.5 Å². The molecule has 0 aliphatic heterocycles. The first kappa shape index (κ1) is 16.5. The average molecular weight is 340 g/mol. The van der Waals surface area contributed by atoms with E-state index in [-0.39, 0.29) is 10.8 Å². The summed E-state index contributed by atoms with van der Waals surface area (Å²) in [5, 5.41) is 2.92. The minimum Gasteiger partial charge on any atom is -0.326 e. The van der Waals surface area contributed by atoms with Crippen molar-refractivity contribution in [1.29, 1.82) is 0 Å². The first-order chi connectivity index (χ1) is 11.4. The summed E-state index contributed by atoms with van der Waals surface area (Å²) in [6.45, 7) is 4.17. The van der Waals surface area contributed by atoms with E-state index in [1.165, 1.54) is 28.0 Å². The number of carbonyl (C=O) groups is 1.